The van der Waals surface area contributed by atoms with Crippen LogP contribution in [0.1, 0.15) is 58.3 Å². The van der Waals surface area contributed by atoms with E-state index in [2.05, 4.69) is 11.8 Å². The molecule has 2 aliphatic rings. The molecule has 0 aromatic rings. The summed E-state index contributed by atoms with van der Waals surface area (Å²) < 4.78 is 0. The second kappa shape index (κ2) is 6.55. The van der Waals surface area contributed by atoms with Crippen LogP contribution in [-0.4, -0.2) is 35.1 Å². The summed E-state index contributed by atoms with van der Waals surface area (Å²) in [7, 11) is 0. The molecule has 3 nitrogen and oxygen atoms in total. The molecule has 1 saturated heterocycles. The van der Waals surface area contributed by atoms with E-state index >= 15 is 0 Å². The summed E-state index contributed by atoms with van der Waals surface area (Å²) >= 11 is 0. The molecule has 18 heavy (non-hydrogen) atoms. The van der Waals surface area contributed by atoms with E-state index in [9.17, 15) is 4.79 Å². The Labute approximate surface area is 111 Å². The predicted molar refractivity (Wildman–Crippen MR) is 72.6 cm³/mol. The molecule has 2 rings (SSSR count). The molecule has 104 valence electrons. The lowest BCUT2D eigenvalue weighted by Gasteiger charge is -2.37. The first kappa shape index (κ1) is 13.9. The minimum Gasteiger partial charge on any atom is -0.481 e. The van der Waals surface area contributed by atoms with Gasteiger partial charge in [-0.05, 0) is 38.6 Å². The van der Waals surface area contributed by atoms with Crippen molar-refractivity contribution in [1.29, 1.82) is 0 Å². The fourth-order valence-corrected chi connectivity index (χ4v) is 3.52. The van der Waals surface area contributed by atoms with Gasteiger partial charge >= 0.3 is 5.97 Å². The number of carbonyl (C=O) groups is 1. The molecule has 0 radical (unpaired) electrons. The molecule has 1 heterocycles. The van der Waals surface area contributed by atoms with Gasteiger partial charge < -0.3 is 5.11 Å². The highest BCUT2D eigenvalue weighted by atomic mass is 16.4. The highest BCUT2D eigenvalue weighted by Gasteiger charge is 2.29. The minimum absolute atomic E-state index is 0.132. The summed E-state index contributed by atoms with van der Waals surface area (Å²) in [6, 6.07) is 0.573. The fourth-order valence-electron chi connectivity index (χ4n) is 3.52. The van der Waals surface area contributed by atoms with Crippen molar-refractivity contribution in [3.8, 4) is 0 Å². The first-order chi connectivity index (χ1) is 8.66. The SMILES string of the molecule is CC1CCC(C(=O)O)CN1CCC1CCCCC1. The number of hydrogen-bond donors (Lipinski definition) is 1. The lowest BCUT2D eigenvalue weighted by atomic mass is 9.86. The second-order valence-electron chi connectivity index (χ2n) is 6.25. The van der Waals surface area contributed by atoms with E-state index < -0.39 is 5.97 Å². The Hall–Kier alpha value is -0.570. The molecule has 1 aliphatic carbocycles. The van der Waals surface area contributed by atoms with Gasteiger partial charge in [0.2, 0.25) is 0 Å². The van der Waals surface area contributed by atoms with Gasteiger partial charge in [-0.1, -0.05) is 32.1 Å². The third-order valence-electron chi connectivity index (χ3n) is 4.91. The number of carboxylic acids is 1. The number of hydrogen-bond acceptors (Lipinski definition) is 2. The van der Waals surface area contributed by atoms with Crippen LogP contribution in [0.5, 0.6) is 0 Å². The third kappa shape index (κ3) is 3.71. The molecule has 0 bridgehead atoms. The molecule has 1 saturated carbocycles. The smallest absolute Gasteiger partial charge is 0.307 e. The topological polar surface area (TPSA) is 40.5 Å². The van der Waals surface area contributed by atoms with Crippen LogP contribution >= 0.6 is 0 Å². The Morgan fingerprint density at radius 2 is 1.89 bits per heavy atom. The summed E-state index contributed by atoms with van der Waals surface area (Å²) in [6.45, 7) is 4.12. The van der Waals surface area contributed by atoms with Crippen LogP contribution in [0.3, 0.4) is 0 Å². The monoisotopic (exact) mass is 253 g/mol. The highest BCUT2D eigenvalue weighted by Crippen LogP contribution is 2.28. The first-order valence-corrected chi connectivity index (χ1v) is 7.63. The van der Waals surface area contributed by atoms with Gasteiger partial charge in [0, 0.05) is 12.6 Å². The molecule has 1 aliphatic heterocycles. The zero-order valence-corrected chi connectivity index (χ0v) is 11.6. The Bertz CT molecular complexity index is 274. The van der Waals surface area contributed by atoms with Crippen LogP contribution in [0.4, 0.5) is 0 Å². The van der Waals surface area contributed by atoms with E-state index in [4.69, 9.17) is 5.11 Å². The largest absolute Gasteiger partial charge is 0.481 e. The number of likely N-dealkylation sites (tertiary alicyclic amines) is 1. The van der Waals surface area contributed by atoms with Crippen LogP contribution in [0.2, 0.25) is 0 Å². The molecule has 3 heteroatoms. The van der Waals surface area contributed by atoms with E-state index in [1.807, 2.05) is 0 Å². The van der Waals surface area contributed by atoms with Crippen LogP contribution < -0.4 is 0 Å². The zero-order chi connectivity index (χ0) is 13.0. The van der Waals surface area contributed by atoms with Crippen molar-refractivity contribution in [3.05, 3.63) is 0 Å². The van der Waals surface area contributed by atoms with Gasteiger partial charge in [-0.3, -0.25) is 9.69 Å². The van der Waals surface area contributed by atoms with Crippen LogP contribution in [-0.2, 0) is 4.79 Å². The van der Waals surface area contributed by atoms with Gasteiger partial charge in [0.25, 0.3) is 0 Å². The quantitative estimate of drug-likeness (QED) is 0.836. The van der Waals surface area contributed by atoms with E-state index in [0.717, 1.165) is 31.8 Å². The highest BCUT2D eigenvalue weighted by molar-refractivity contribution is 5.70. The maximum Gasteiger partial charge on any atom is 0.307 e. The Morgan fingerprint density at radius 1 is 1.17 bits per heavy atom. The number of aliphatic carboxylic acids is 1. The average molecular weight is 253 g/mol. The van der Waals surface area contributed by atoms with Crippen molar-refractivity contribution in [3.63, 3.8) is 0 Å². The molecule has 0 amide bonds. The lowest BCUT2D eigenvalue weighted by Crippen LogP contribution is -2.44. The molecule has 2 atom stereocenters. The molecule has 2 unspecified atom stereocenters. The lowest BCUT2D eigenvalue weighted by molar-refractivity contribution is -0.144. The van der Waals surface area contributed by atoms with Crippen molar-refractivity contribution in [1.82, 2.24) is 4.90 Å². The zero-order valence-electron chi connectivity index (χ0n) is 11.6. The van der Waals surface area contributed by atoms with E-state index in [-0.39, 0.29) is 5.92 Å². The van der Waals surface area contributed by atoms with Gasteiger partial charge in [-0.25, -0.2) is 0 Å². The van der Waals surface area contributed by atoms with Gasteiger partial charge in [0.15, 0.2) is 0 Å². The van der Waals surface area contributed by atoms with E-state index in [1.54, 1.807) is 0 Å². The molecular weight excluding hydrogens is 226 g/mol. The van der Waals surface area contributed by atoms with Gasteiger partial charge in [0.1, 0.15) is 0 Å². The van der Waals surface area contributed by atoms with Gasteiger partial charge in [-0.15, -0.1) is 0 Å². The number of piperidine rings is 1. The molecule has 0 aromatic carbocycles. The normalized spacial score (nSPS) is 31.4. The minimum atomic E-state index is -0.607. The summed E-state index contributed by atoms with van der Waals surface area (Å²) in [5.74, 6) is 0.160. The van der Waals surface area contributed by atoms with E-state index in [0.29, 0.717) is 6.04 Å². The van der Waals surface area contributed by atoms with Crippen molar-refractivity contribution < 1.29 is 9.90 Å². The van der Waals surface area contributed by atoms with Crippen molar-refractivity contribution >= 4 is 5.97 Å². The molecule has 0 spiro atoms. The third-order valence-corrected chi connectivity index (χ3v) is 4.91. The molecule has 0 aromatic heterocycles. The number of rotatable bonds is 4. The van der Waals surface area contributed by atoms with Gasteiger partial charge in [-0.2, -0.15) is 0 Å². The summed E-state index contributed by atoms with van der Waals surface area (Å²) in [5, 5.41) is 9.13. The maximum absolute atomic E-state index is 11.1. The van der Waals surface area contributed by atoms with Crippen LogP contribution in [0.25, 0.3) is 0 Å². The number of nitrogens with zero attached hydrogens (tertiary/aromatic N) is 1. The fraction of sp³-hybridized carbons (Fsp3) is 0.933. The molecule has 1 N–H and O–H groups in total. The Kier molecular flexibility index (Phi) is 5.04. The molecular formula is C15H27NO2. The Balaban J connectivity index is 1.77. The molecule has 2 fully saturated rings. The second-order valence-corrected chi connectivity index (χ2v) is 6.25. The first-order valence-electron chi connectivity index (χ1n) is 7.63. The summed E-state index contributed by atoms with van der Waals surface area (Å²) in [6.07, 6.45) is 10.2. The summed E-state index contributed by atoms with van der Waals surface area (Å²) in [5.41, 5.74) is 0. The predicted octanol–water partition coefficient (Wildman–Crippen LogP) is 3.14. The maximum atomic E-state index is 11.1. The Morgan fingerprint density at radius 3 is 2.56 bits per heavy atom. The van der Waals surface area contributed by atoms with Crippen molar-refractivity contribution in [2.45, 2.75) is 64.3 Å². The van der Waals surface area contributed by atoms with E-state index in [1.165, 1.54) is 38.5 Å². The number of carboxylic acid groups (broad SMARTS) is 1. The van der Waals surface area contributed by atoms with Gasteiger partial charge in [0.05, 0.1) is 5.92 Å². The summed E-state index contributed by atoms with van der Waals surface area (Å²) in [4.78, 5) is 13.5. The average Bonchev–Trinajstić information content (AvgIpc) is 2.38. The van der Waals surface area contributed by atoms with Crippen molar-refractivity contribution in [2.24, 2.45) is 11.8 Å². The van der Waals surface area contributed by atoms with Crippen molar-refractivity contribution in [2.75, 3.05) is 13.1 Å². The standard InChI is InChI=1S/C15H27NO2/c1-12-7-8-14(15(17)18)11-16(12)10-9-13-5-3-2-4-6-13/h12-14H,2-11H2,1H3,(H,17,18). The van der Waals surface area contributed by atoms with Crippen LogP contribution in [0.15, 0.2) is 0 Å². The van der Waals surface area contributed by atoms with Crippen LogP contribution in [0, 0.1) is 11.8 Å².